The molecule has 0 fully saturated rings. The number of hydrogen-bond acceptors (Lipinski definition) is 5. The summed E-state index contributed by atoms with van der Waals surface area (Å²) in [5.74, 6) is -0.887. The van der Waals surface area contributed by atoms with E-state index in [-0.39, 0.29) is 24.5 Å². The highest BCUT2D eigenvalue weighted by atomic mass is 16.5. The minimum absolute atomic E-state index is 0.0173. The average Bonchev–Trinajstić information content (AvgIpc) is 3.28. The first kappa shape index (κ1) is 31.5. The zero-order chi connectivity index (χ0) is 32.1. The Morgan fingerprint density at radius 3 is 1.89 bits per heavy atom. The van der Waals surface area contributed by atoms with Crippen molar-refractivity contribution in [3.05, 3.63) is 138 Å². The van der Waals surface area contributed by atoms with E-state index < -0.39 is 11.9 Å². The van der Waals surface area contributed by atoms with Crippen molar-refractivity contribution in [3.8, 4) is 11.1 Å². The second kappa shape index (κ2) is 13.4. The number of rotatable bonds is 12. The zero-order valence-corrected chi connectivity index (χ0v) is 26.6. The molecule has 0 N–H and O–H groups in total. The van der Waals surface area contributed by atoms with Crippen LogP contribution in [0, 0.1) is 13.8 Å². The van der Waals surface area contributed by atoms with Crippen molar-refractivity contribution in [2.75, 3.05) is 18.1 Å². The van der Waals surface area contributed by atoms with Crippen LogP contribution in [0.15, 0.2) is 110 Å². The van der Waals surface area contributed by atoms with Crippen LogP contribution in [0.5, 0.6) is 0 Å². The minimum atomic E-state index is -0.452. The number of ether oxygens (including phenoxy) is 2. The van der Waals surface area contributed by atoms with Crippen LogP contribution in [0.2, 0.25) is 0 Å². The molecule has 0 saturated carbocycles. The van der Waals surface area contributed by atoms with Gasteiger partial charge in [-0.2, -0.15) is 0 Å². The number of benzene rings is 4. The summed E-state index contributed by atoms with van der Waals surface area (Å²) in [6.45, 7) is 16.3. The standard InChI is InChI=1S/C40H41NO4/c1-7-38(42)44-23-21-30(22-24-45-39(43)8-2)29-14-17-31(18-15-29)41(32-16-13-27(3)28(4)25-32)33-19-20-35-34-11-9-10-12-36(34)40(5,6)37(35)26-33/h7-20,25-26,30H,1-2,21-24H2,3-6H3. The summed E-state index contributed by atoms with van der Waals surface area (Å²) >= 11 is 0. The maximum Gasteiger partial charge on any atom is 0.330 e. The lowest BCUT2D eigenvalue weighted by Crippen LogP contribution is -2.16. The zero-order valence-electron chi connectivity index (χ0n) is 26.6. The van der Waals surface area contributed by atoms with Gasteiger partial charge < -0.3 is 14.4 Å². The molecule has 5 rings (SSSR count). The highest BCUT2D eigenvalue weighted by molar-refractivity contribution is 5.86. The van der Waals surface area contributed by atoms with Crippen LogP contribution in [-0.2, 0) is 24.5 Å². The summed E-state index contributed by atoms with van der Waals surface area (Å²) < 4.78 is 10.6. The quantitative estimate of drug-likeness (QED) is 0.120. The molecular weight excluding hydrogens is 558 g/mol. The van der Waals surface area contributed by atoms with Crippen molar-refractivity contribution in [2.45, 2.75) is 51.9 Å². The SMILES string of the molecule is C=CC(=O)OCCC(CCOC(=O)C=C)c1ccc(N(c2ccc(C)c(C)c2)c2ccc3c(c2)C(C)(C)c2ccccc2-3)cc1. The van der Waals surface area contributed by atoms with E-state index in [2.05, 4.69) is 131 Å². The number of aryl methyl sites for hydroxylation is 2. The number of carbonyl (C=O) groups excluding carboxylic acids is 2. The van der Waals surface area contributed by atoms with Crippen molar-refractivity contribution in [2.24, 2.45) is 0 Å². The molecule has 0 amide bonds. The summed E-state index contributed by atoms with van der Waals surface area (Å²) in [7, 11) is 0. The summed E-state index contributed by atoms with van der Waals surface area (Å²) in [4.78, 5) is 25.6. The molecule has 0 spiro atoms. The molecule has 0 saturated heterocycles. The monoisotopic (exact) mass is 599 g/mol. The normalized spacial score (nSPS) is 12.6. The Morgan fingerprint density at radius 2 is 1.27 bits per heavy atom. The smallest absolute Gasteiger partial charge is 0.330 e. The second-order valence-electron chi connectivity index (χ2n) is 12.1. The van der Waals surface area contributed by atoms with E-state index in [1.54, 1.807) is 0 Å². The maximum absolute atomic E-state index is 11.7. The molecule has 5 heteroatoms. The van der Waals surface area contributed by atoms with Crippen LogP contribution in [0.1, 0.15) is 60.4 Å². The van der Waals surface area contributed by atoms with E-state index in [1.807, 2.05) is 0 Å². The fourth-order valence-corrected chi connectivity index (χ4v) is 6.24. The minimum Gasteiger partial charge on any atom is -0.463 e. The van der Waals surface area contributed by atoms with E-state index in [4.69, 9.17) is 9.47 Å². The Balaban J connectivity index is 1.50. The van der Waals surface area contributed by atoms with Crippen molar-refractivity contribution in [1.29, 1.82) is 0 Å². The van der Waals surface area contributed by atoms with Crippen LogP contribution in [0.4, 0.5) is 17.1 Å². The van der Waals surface area contributed by atoms with Crippen LogP contribution < -0.4 is 4.90 Å². The molecule has 0 radical (unpaired) electrons. The molecule has 5 nitrogen and oxygen atoms in total. The summed E-state index contributed by atoms with van der Waals surface area (Å²) in [6, 6.07) is 30.6. The average molecular weight is 600 g/mol. The third-order valence-corrected chi connectivity index (χ3v) is 8.95. The lowest BCUT2D eigenvalue weighted by Gasteiger charge is -2.29. The van der Waals surface area contributed by atoms with Crippen LogP contribution in [0.3, 0.4) is 0 Å². The lowest BCUT2D eigenvalue weighted by molar-refractivity contribution is -0.138. The third kappa shape index (κ3) is 6.63. The molecular formula is C40H41NO4. The van der Waals surface area contributed by atoms with Gasteiger partial charge in [0.1, 0.15) is 0 Å². The van der Waals surface area contributed by atoms with Gasteiger partial charge in [-0.25, -0.2) is 9.59 Å². The summed E-state index contributed by atoms with van der Waals surface area (Å²) in [6.07, 6.45) is 3.50. The van der Waals surface area contributed by atoms with Gasteiger partial charge in [-0.1, -0.05) is 75.5 Å². The molecule has 0 aromatic heterocycles. The Labute approximate surface area is 266 Å². The topological polar surface area (TPSA) is 55.8 Å². The van der Waals surface area contributed by atoms with Gasteiger partial charge in [0, 0.05) is 34.6 Å². The Morgan fingerprint density at radius 1 is 0.711 bits per heavy atom. The first-order chi connectivity index (χ1) is 21.6. The Kier molecular flexibility index (Phi) is 9.38. The molecule has 1 aliphatic rings. The number of hydrogen-bond donors (Lipinski definition) is 0. The Hall–Kier alpha value is -4.90. The number of anilines is 3. The summed E-state index contributed by atoms with van der Waals surface area (Å²) in [5.41, 5.74) is 11.9. The van der Waals surface area contributed by atoms with E-state index >= 15 is 0 Å². The van der Waals surface area contributed by atoms with E-state index in [0.717, 1.165) is 34.8 Å². The van der Waals surface area contributed by atoms with E-state index in [9.17, 15) is 9.59 Å². The third-order valence-electron chi connectivity index (χ3n) is 8.95. The number of carbonyl (C=O) groups is 2. The number of nitrogens with zero attached hydrogens (tertiary/aromatic N) is 1. The maximum atomic E-state index is 11.7. The van der Waals surface area contributed by atoms with Gasteiger partial charge in [-0.3, -0.25) is 0 Å². The fourth-order valence-electron chi connectivity index (χ4n) is 6.24. The first-order valence-corrected chi connectivity index (χ1v) is 15.4. The second-order valence-corrected chi connectivity index (χ2v) is 12.1. The molecule has 4 aromatic carbocycles. The molecule has 45 heavy (non-hydrogen) atoms. The number of fused-ring (bicyclic) bond motifs is 3. The van der Waals surface area contributed by atoms with Crippen molar-refractivity contribution in [3.63, 3.8) is 0 Å². The van der Waals surface area contributed by atoms with Gasteiger partial charge in [-0.05, 0) is 108 Å². The molecule has 0 bridgehead atoms. The molecule has 0 atom stereocenters. The van der Waals surface area contributed by atoms with Crippen LogP contribution in [-0.4, -0.2) is 25.2 Å². The van der Waals surface area contributed by atoms with Gasteiger partial charge in [0.2, 0.25) is 0 Å². The molecule has 230 valence electrons. The van der Waals surface area contributed by atoms with Crippen molar-refractivity contribution in [1.82, 2.24) is 0 Å². The molecule has 0 heterocycles. The van der Waals surface area contributed by atoms with Gasteiger partial charge in [0.25, 0.3) is 0 Å². The molecule has 0 unspecified atom stereocenters. The summed E-state index contributed by atoms with van der Waals surface area (Å²) in [5, 5.41) is 0. The van der Waals surface area contributed by atoms with Gasteiger partial charge in [0.05, 0.1) is 13.2 Å². The van der Waals surface area contributed by atoms with E-state index in [0.29, 0.717) is 12.8 Å². The lowest BCUT2D eigenvalue weighted by atomic mass is 9.82. The molecule has 4 aromatic rings. The predicted octanol–water partition coefficient (Wildman–Crippen LogP) is 9.40. The fraction of sp³-hybridized carbons (Fsp3) is 0.250. The van der Waals surface area contributed by atoms with Gasteiger partial charge in [0.15, 0.2) is 0 Å². The largest absolute Gasteiger partial charge is 0.463 e. The highest BCUT2D eigenvalue weighted by Gasteiger charge is 2.35. The predicted molar refractivity (Wildman–Crippen MR) is 182 cm³/mol. The van der Waals surface area contributed by atoms with E-state index in [1.165, 1.54) is 33.4 Å². The van der Waals surface area contributed by atoms with Crippen LogP contribution in [0.25, 0.3) is 11.1 Å². The Bertz CT molecular complexity index is 1710. The van der Waals surface area contributed by atoms with Crippen molar-refractivity contribution < 1.29 is 19.1 Å². The highest BCUT2D eigenvalue weighted by Crippen LogP contribution is 2.50. The first-order valence-electron chi connectivity index (χ1n) is 15.4. The molecule has 1 aliphatic carbocycles. The van der Waals surface area contributed by atoms with Crippen LogP contribution >= 0.6 is 0 Å². The van der Waals surface area contributed by atoms with Gasteiger partial charge >= 0.3 is 11.9 Å². The molecule has 0 aliphatic heterocycles. The number of esters is 2. The van der Waals surface area contributed by atoms with Crippen molar-refractivity contribution >= 4 is 29.0 Å². The van der Waals surface area contributed by atoms with Gasteiger partial charge in [-0.15, -0.1) is 0 Å².